The van der Waals surface area contributed by atoms with Gasteiger partial charge >= 0.3 is 0 Å². The molecule has 18 heavy (non-hydrogen) atoms. The number of hydrogen-bond acceptors (Lipinski definition) is 4. The lowest BCUT2D eigenvalue weighted by Crippen LogP contribution is -2.18. The predicted octanol–water partition coefficient (Wildman–Crippen LogP) is 0.686. The van der Waals surface area contributed by atoms with Gasteiger partial charge in [0.05, 0.1) is 16.9 Å². The fraction of sp³-hybridized carbons (Fsp3) is 0.0833. The van der Waals surface area contributed by atoms with Crippen molar-refractivity contribution in [1.29, 1.82) is 5.26 Å². The summed E-state index contributed by atoms with van der Waals surface area (Å²) in [6, 6.07) is 8.66. The minimum atomic E-state index is -0.274. The second kappa shape index (κ2) is 4.59. The monoisotopic (exact) mass is 241 g/mol. The van der Waals surface area contributed by atoms with E-state index in [-0.39, 0.29) is 5.91 Å². The topological polar surface area (TPSA) is 96.7 Å². The molecule has 1 heterocycles. The van der Waals surface area contributed by atoms with Crippen molar-refractivity contribution in [2.45, 2.75) is 0 Å². The minimum Gasteiger partial charge on any atom is -0.396 e. The van der Waals surface area contributed by atoms with Crippen LogP contribution in [0.25, 0.3) is 5.69 Å². The van der Waals surface area contributed by atoms with Gasteiger partial charge < -0.3 is 11.1 Å². The zero-order valence-electron chi connectivity index (χ0n) is 9.71. The molecule has 2 rings (SSSR count). The largest absolute Gasteiger partial charge is 0.396 e. The molecule has 0 aliphatic rings. The SMILES string of the molecule is CNC(=O)c1ccn(-c2cccc(C#N)c2N)n1. The number of nitrogens with zero attached hydrogens (tertiary/aromatic N) is 3. The second-order valence-electron chi connectivity index (χ2n) is 3.57. The van der Waals surface area contributed by atoms with E-state index in [1.807, 2.05) is 6.07 Å². The standard InChI is InChI=1S/C12H11N5O/c1-15-12(18)9-5-6-17(16-9)10-4-2-3-8(7-13)11(10)14/h2-6H,14H2,1H3,(H,15,18). The van der Waals surface area contributed by atoms with Crippen molar-refractivity contribution in [3.63, 3.8) is 0 Å². The number of hydrogen-bond donors (Lipinski definition) is 2. The molecular weight excluding hydrogens is 230 g/mol. The van der Waals surface area contributed by atoms with Crippen LogP contribution in [0, 0.1) is 11.3 Å². The highest BCUT2D eigenvalue weighted by Gasteiger charge is 2.11. The van der Waals surface area contributed by atoms with Crippen LogP contribution in [0.4, 0.5) is 5.69 Å². The van der Waals surface area contributed by atoms with Gasteiger partial charge in [-0.1, -0.05) is 6.07 Å². The van der Waals surface area contributed by atoms with Crippen molar-refractivity contribution in [2.75, 3.05) is 12.8 Å². The summed E-state index contributed by atoms with van der Waals surface area (Å²) < 4.78 is 1.47. The lowest BCUT2D eigenvalue weighted by molar-refractivity contribution is 0.0957. The van der Waals surface area contributed by atoms with Crippen molar-refractivity contribution in [3.8, 4) is 11.8 Å². The lowest BCUT2D eigenvalue weighted by Gasteiger charge is -2.06. The Labute approximate surface area is 104 Å². The summed E-state index contributed by atoms with van der Waals surface area (Å²) in [6.07, 6.45) is 1.62. The highest BCUT2D eigenvalue weighted by Crippen LogP contribution is 2.20. The molecular formula is C12H11N5O. The van der Waals surface area contributed by atoms with Gasteiger partial charge in [-0.2, -0.15) is 10.4 Å². The van der Waals surface area contributed by atoms with E-state index in [0.29, 0.717) is 22.6 Å². The highest BCUT2D eigenvalue weighted by atomic mass is 16.1. The maximum atomic E-state index is 11.4. The van der Waals surface area contributed by atoms with Gasteiger partial charge in [0.25, 0.3) is 5.91 Å². The van der Waals surface area contributed by atoms with E-state index in [0.717, 1.165) is 0 Å². The Morgan fingerprint density at radius 1 is 1.50 bits per heavy atom. The molecule has 0 atom stereocenters. The number of aromatic nitrogens is 2. The van der Waals surface area contributed by atoms with E-state index in [1.165, 1.54) is 11.7 Å². The van der Waals surface area contributed by atoms with Crippen molar-refractivity contribution in [3.05, 3.63) is 41.7 Å². The molecule has 0 bridgehead atoms. The molecule has 1 aromatic carbocycles. The predicted molar refractivity (Wildman–Crippen MR) is 66.1 cm³/mol. The zero-order valence-corrected chi connectivity index (χ0v) is 9.71. The van der Waals surface area contributed by atoms with Crippen LogP contribution >= 0.6 is 0 Å². The summed E-state index contributed by atoms with van der Waals surface area (Å²) in [5.41, 5.74) is 7.44. The number of nitrogen functional groups attached to an aromatic ring is 1. The van der Waals surface area contributed by atoms with Gasteiger partial charge in [0.1, 0.15) is 6.07 Å². The molecule has 3 N–H and O–H groups in total. The van der Waals surface area contributed by atoms with Crippen molar-refractivity contribution in [2.24, 2.45) is 0 Å². The number of carbonyl (C=O) groups is 1. The fourth-order valence-corrected chi connectivity index (χ4v) is 1.56. The molecule has 1 amide bonds. The number of amides is 1. The Balaban J connectivity index is 2.47. The van der Waals surface area contributed by atoms with Gasteiger partial charge in [0.2, 0.25) is 0 Å². The van der Waals surface area contributed by atoms with Gasteiger partial charge in [0.15, 0.2) is 5.69 Å². The van der Waals surface area contributed by atoms with Gasteiger partial charge in [-0.05, 0) is 18.2 Å². The third-order valence-corrected chi connectivity index (χ3v) is 2.50. The molecule has 6 nitrogen and oxygen atoms in total. The Bertz CT molecular complexity index is 638. The van der Waals surface area contributed by atoms with Crippen LogP contribution in [-0.4, -0.2) is 22.7 Å². The molecule has 2 aromatic rings. The summed E-state index contributed by atoms with van der Waals surface area (Å²) in [6.45, 7) is 0. The number of nitriles is 1. The summed E-state index contributed by atoms with van der Waals surface area (Å²) in [4.78, 5) is 11.4. The molecule has 0 aliphatic carbocycles. The van der Waals surface area contributed by atoms with Crippen molar-refractivity contribution < 1.29 is 4.79 Å². The van der Waals surface area contributed by atoms with E-state index in [4.69, 9.17) is 11.0 Å². The lowest BCUT2D eigenvalue weighted by atomic mass is 10.1. The molecule has 1 aromatic heterocycles. The Kier molecular flexibility index (Phi) is 2.98. The quantitative estimate of drug-likeness (QED) is 0.756. The van der Waals surface area contributed by atoms with E-state index < -0.39 is 0 Å². The third kappa shape index (κ3) is 1.89. The van der Waals surface area contributed by atoms with Crippen molar-refractivity contribution >= 4 is 11.6 Å². The third-order valence-electron chi connectivity index (χ3n) is 2.50. The maximum Gasteiger partial charge on any atom is 0.271 e. The van der Waals surface area contributed by atoms with Crippen molar-refractivity contribution in [1.82, 2.24) is 15.1 Å². The van der Waals surface area contributed by atoms with Crippen LogP contribution in [0.1, 0.15) is 16.1 Å². The van der Waals surface area contributed by atoms with Crippen LogP contribution in [0.5, 0.6) is 0 Å². The van der Waals surface area contributed by atoms with E-state index in [1.54, 1.807) is 30.5 Å². The molecule has 0 radical (unpaired) electrons. The molecule has 6 heteroatoms. The van der Waals surface area contributed by atoms with Crippen LogP contribution in [0.2, 0.25) is 0 Å². The molecule has 90 valence electrons. The minimum absolute atomic E-state index is 0.274. The first-order chi connectivity index (χ1) is 8.67. The van der Waals surface area contributed by atoms with Gasteiger partial charge in [-0.25, -0.2) is 4.68 Å². The van der Waals surface area contributed by atoms with Crippen LogP contribution < -0.4 is 11.1 Å². The van der Waals surface area contributed by atoms with Crippen LogP contribution in [-0.2, 0) is 0 Å². The first kappa shape index (κ1) is 11.7. The molecule has 0 saturated carbocycles. The molecule has 0 saturated heterocycles. The molecule has 0 fully saturated rings. The molecule has 0 spiro atoms. The maximum absolute atomic E-state index is 11.4. The second-order valence-corrected chi connectivity index (χ2v) is 3.57. The number of carbonyl (C=O) groups excluding carboxylic acids is 1. The smallest absolute Gasteiger partial charge is 0.271 e. The normalized spacial score (nSPS) is 9.78. The Morgan fingerprint density at radius 2 is 2.28 bits per heavy atom. The number of benzene rings is 1. The Hall–Kier alpha value is -2.81. The number of anilines is 1. The number of para-hydroxylation sites is 1. The molecule has 0 unspecified atom stereocenters. The summed E-state index contributed by atoms with van der Waals surface area (Å²) >= 11 is 0. The number of nitrogens with two attached hydrogens (primary N) is 1. The van der Waals surface area contributed by atoms with E-state index >= 15 is 0 Å². The fourth-order valence-electron chi connectivity index (χ4n) is 1.56. The highest BCUT2D eigenvalue weighted by molar-refractivity contribution is 5.92. The van der Waals surface area contributed by atoms with Crippen LogP contribution in [0.3, 0.4) is 0 Å². The summed E-state index contributed by atoms with van der Waals surface area (Å²) in [5, 5.41) is 15.5. The van der Waals surface area contributed by atoms with E-state index in [2.05, 4.69) is 10.4 Å². The number of nitrogens with one attached hydrogen (secondary N) is 1. The van der Waals surface area contributed by atoms with E-state index in [9.17, 15) is 4.79 Å². The zero-order chi connectivity index (χ0) is 13.1. The average molecular weight is 241 g/mol. The first-order valence-electron chi connectivity index (χ1n) is 5.24. The van der Waals surface area contributed by atoms with Gasteiger partial charge in [-0.3, -0.25) is 4.79 Å². The van der Waals surface area contributed by atoms with Gasteiger partial charge in [-0.15, -0.1) is 0 Å². The van der Waals surface area contributed by atoms with Gasteiger partial charge in [0, 0.05) is 13.2 Å². The molecule has 0 aliphatic heterocycles. The summed E-state index contributed by atoms with van der Waals surface area (Å²) in [5.74, 6) is -0.274. The summed E-state index contributed by atoms with van der Waals surface area (Å²) in [7, 11) is 1.53. The average Bonchev–Trinajstić information content (AvgIpc) is 2.87. The Morgan fingerprint density at radius 3 is 2.94 bits per heavy atom. The number of rotatable bonds is 2. The van der Waals surface area contributed by atoms with Crippen LogP contribution in [0.15, 0.2) is 30.5 Å². The first-order valence-corrected chi connectivity index (χ1v) is 5.24.